The van der Waals surface area contributed by atoms with E-state index in [1.165, 1.54) is 35.2 Å². The summed E-state index contributed by atoms with van der Waals surface area (Å²) in [4.78, 5) is 16.3. The zero-order valence-corrected chi connectivity index (χ0v) is 14.5. The lowest BCUT2D eigenvalue weighted by Crippen LogP contribution is -1.96. The van der Waals surface area contributed by atoms with Crippen molar-refractivity contribution in [2.45, 2.75) is 11.3 Å². The van der Waals surface area contributed by atoms with Gasteiger partial charge in [0.2, 0.25) is 0 Å². The highest BCUT2D eigenvalue weighted by Crippen LogP contribution is 2.40. The van der Waals surface area contributed by atoms with Gasteiger partial charge in [-0.25, -0.2) is 9.37 Å². The van der Waals surface area contributed by atoms with Crippen molar-refractivity contribution in [3.8, 4) is 21.7 Å². The Morgan fingerprint density at radius 3 is 2.38 bits per heavy atom. The SMILES string of the molecule is Cc1ccc(-c2nc(SCC(=O)O)sc2-c2ccc(F)cc2)cc1. The van der Waals surface area contributed by atoms with Gasteiger partial charge in [-0.3, -0.25) is 4.79 Å². The van der Waals surface area contributed by atoms with E-state index < -0.39 is 5.97 Å². The van der Waals surface area contributed by atoms with E-state index in [0.29, 0.717) is 4.34 Å². The van der Waals surface area contributed by atoms with Gasteiger partial charge in [0.05, 0.1) is 16.3 Å². The fourth-order valence-corrected chi connectivity index (χ4v) is 4.08. The van der Waals surface area contributed by atoms with Gasteiger partial charge in [0.25, 0.3) is 0 Å². The van der Waals surface area contributed by atoms with Crippen LogP contribution in [0.15, 0.2) is 52.9 Å². The zero-order chi connectivity index (χ0) is 17.1. The summed E-state index contributed by atoms with van der Waals surface area (Å²) in [5.74, 6) is -1.21. The second-order valence-corrected chi connectivity index (χ2v) is 7.43. The van der Waals surface area contributed by atoms with Crippen molar-refractivity contribution in [1.29, 1.82) is 0 Å². The summed E-state index contributed by atoms with van der Waals surface area (Å²) < 4.78 is 13.9. The third-order valence-corrected chi connectivity index (χ3v) is 5.59. The zero-order valence-electron chi connectivity index (χ0n) is 12.8. The van der Waals surface area contributed by atoms with Gasteiger partial charge in [-0.1, -0.05) is 53.7 Å². The number of halogens is 1. The predicted molar refractivity (Wildman–Crippen MR) is 96.0 cm³/mol. The van der Waals surface area contributed by atoms with Gasteiger partial charge in [-0.05, 0) is 24.6 Å². The predicted octanol–water partition coefficient (Wildman–Crippen LogP) is 5.10. The number of benzene rings is 2. The summed E-state index contributed by atoms with van der Waals surface area (Å²) >= 11 is 2.62. The van der Waals surface area contributed by atoms with Gasteiger partial charge in [0.1, 0.15) is 5.82 Å². The molecule has 0 spiro atoms. The standard InChI is InChI=1S/C18H14FNO2S2/c1-11-2-4-12(5-3-11)16-17(13-6-8-14(19)9-7-13)24-18(20-16)23-10-15(21)22/h2-9H,10H2,1H3,(H,21,22). The number of aryl methyl sites for hydroxylation is 1. The Balaban J connectivity index is 2.05. The van der Waals surface area contributed by atoms with Crippen LogP contribution in [0.25, 0.3) is 21.7 Å². The minimum Gasteiger partial charge on any atom is -0.481 e. The van der Waals surface area contributed by atoms with Gasteiger partial charge >= 0.3 is 5.97 Å². The maximum Gasteiger partial charge on any atom is 0.313 e. The summed E-state index contributed by atoms with van der Waals surface area (Å²) in [6, 6.07) is 14.3. The molecule has 0 amide bonds. The van der Waals surface area contributed by atoms with Crippen LogP contribution in [0, 0.1) is 12.7 Å². The molecular weight excluding hydrogens is 345 g/mol. The van der Waals surface area contributed by atoms with E-state index in [4.69, 9.17) is 5.11 Å². The van der Waals surface area contributed by atoms with Crippen LogP contribution >= 0.6 is 23.1 Å². The van der Waals surface area contributed by atoms with E-state index in [-0.39, 0.29) is 11.6 Å². The van der Waals surface area contributed by atoms with E-state index in [2.05, 4.69) is 4.98 Å². The number of aromatic nitrogens is 1. The van der Waals surface area contributed by atoms with Crippen LogP contribution in [-0.2, 0) is 4.79 Å². The van der Waals surface area contributed by atoms with Crippen LogP contribution in [0.3, 0.4) is 0 Å². The molecule has 6 heteroatoms. The first-order chi connectivity index (χ1) is 11.5. The van der Waals surface area contributed by atoms with Gasteiger partial charge in [-0.15, -0.1) is 11.3 Å². The first kappa shape index (κ1) is 16.7. The summed E-state index contributed by atoms with van der Waals surface area (Å²) in [5.41, 5.74) is 3.77. The molecule has 0 saturated heterocycles. The smallest absolute Gasteiger partial charge is 0.313 e. The molecule has 3 aromatic rings. The van der Waals surface area contributed by atoms with Crippen molar-refractivity contribution in [3.05, 3.63) is 59.9 Å². The topological polar surface area (TPSA) is 50.2 Å². The molecule has 0 aliphatic heterocycles. The number of carboxylic acid groups (broad SMARTS) is 1. The molecule has 0 aliphatic carbocycles. The number of hydrogen-bond donors (Lipinski definition) is 1. The van der Waals surface area contributed by atoms with Crippen LogP contribution in [0.4, 0.5) is 4.39 Å². The minimum absolute atomic E-state index is 0.0380. The summed E-state index contributed by atoms with van der Waals surface area (Å²) in [6.45, 7) is 2.01. The molecule has 1 heterocycles. The lowest BCUT2D eigenvalue weighted by atomic mass is 10.1. The van der Waals surface area contributed by atoms with Gasteiger partial charge in [0, 0.05) is 5.56 Å². The molecule has 0 fully saturated rings. The highest BCUT2D eigenvalue weighted by Gasteiger charge is 2.16. The number of carbonyl (C=O) groups is 1. The molecule has 0 aliphatic rings. The van der Waals surface area contributed by atoms with Crippen molar-refractivity contribution >= 4 is 29.1 Å². The third-order valence-electron chi connectivity index (χ3n) is 3.36. The highest BCUT2D eigenvalue weighted by atomic mass is 32.2. The van der Waals surface area contributed by atoms with E-state index in [9.17, 15) is 9.18 Å². The normalized spacial score (nSPS) is 10.8. The van der Waals surface area contributed by atoms with E-state index >= 15 is 0 Å². The molecule has 0 saturated carbocycles. The highest BCUT2D eigenvalue weighted by molar-refractivity contribution is 8.01. The van der Waals surface area contributed by atoms with Crippen molar-refractivity contribution in [1.82, 2.24) is 4.98 Å². The molecule has 3 rings (SSSR count). The Morgan fingerprint density at radius 2 is 1.75 bits per heavy atom. The fraction of sp³-hybridized carbons (Fsp3) is 0.111. The van der Waals surface area contributed by atoms with Crippen molar-refractivity contribution in [2.75, 3.05) is 5.75 Å². The minimum atomic E-state index is -0.879. The first-order valence-corrected chi connectivity index (χ1v) is 9.01. The molecule has 2 aromatic carbocycles. The Kier molecular flexibility index (Phi) is 4.97. The van der Waals surface area contributed by atoms with Crippen molar-refractivity contribution in [2.24, 2.45) is 0 Å². The lowest BCUT2D eigenvalue weighted by molar-refractivity contribution is -0.133. The maximum atomic E-state index is 13.2. The largest absolute Gasteiger partial charge is 0.481 e. The average Bonchev–Trinajstić information content (AvgIpc) is 2.98. The molecule has 1 aromatic heterocycles. The lowest BCUT2D eigenvalue weighted by Gasteiger charge is -2.03. The van der Waals surface area contributed by atoms with Crippen LogP contribution in [-0.4, -0.2) is 21.8 Å². The van der Waals surface area contributed by atoms with Crippen LogP contribution in [0.1, 0.15) is 5.56 Å². The number of nitrogens with zero attached hydrogens (tertiary/aromatic N) is 1. The monoisotopic (exact) mass is 359 g/mol. The Hall–Kier alpha value is -2.18. The third kappa shape index (κ3) is 3.83. The Bertz CT molecular complexity index is 795. The number of thioether (sulfide) groups is 1. The van der Waals surface area contributed by atoms with E-state index in [1.54, 1.807) is 12.1 Å². The van der Waals surface area contributed by atoms with Crippen LogP contribution < -0.4 is 0 Å². The quantitative estimate of drug-likeness (QED) is 0.644. The molecule has 1 N–H and O–H groups in total. The van der Waals surface area contributed by atoms with Crippen molar-refractivity contribution in [3.63, 3.8) is 0 Å². The number of rotatable bonds is 5. The van der Waals surface area contributed by atoms with Crippen LogP contribution in [0.2, 0.25) is 0 Å². The molecule has 0 atom stereocenters. The number of hydrogen-bond acceptors (Lipinski definition) is 4. The molecule has 122 valence electrons. The summed E-state index contributed by atoms with van der Waals surface area (Å²) in [6.07, 6.45) is 0. The Morgan fingerprint density at radius 1 is 1.12 bits per heavy atom. The molecule has 0 bridgehead atoms. The van der Waals surface area contributed by atoms with E-state index in [1.807, 2.05) is 31.2 Å². The maximum absolute atomic E-state index is 13.2. The van der Waals surface area contributed by atoms with Gasteiger partial charge in [0.15, 0.2) is 4.34 Å². The average molecular weight is 359 g/mol. The van der Waals surface area contributed by atoms with Gasteiger partial charge in [-0.2, -0.15) is 0 Å². The van der Waals surface area contributed by atoms with E-state index in [0.717, 1.165) is 27.3 Å². The van der Waals surface area contributed by atoms with Crippen LogP contribution in [0.5, 0.6) is 0 Å². The second kappa shape index (κ2) is 7.15. The van der Waals surface area contributed by atoms with Crippen molar-refractivity contribution < 1.29 is 14.3 Å². The molecule has 0 radical (unpaired) electrons. The number of aliphatic carboxylic acids is 1. The molecule has 24 heavy (non-hydrogen) atoms. The summed E-state index contributed by atoms with van der Waals surface area (Å²) in [7, 11) is 0. The Labute approximate surface area is 147 Å². The number of thiazole rings is 1. The fourth-order valence-electron chi connectivity index (χ4n) is 2.19. The first-order valence-electron chi connectivity index (χ1n) is 7.21. The molecular formula is C18H14FNO2S2. The van der Waals surface area contributed by atoms with Gasteiger partial charge < -0.3 is 5.11 Å². The second-order valence-electron chi connectivity index (χ2n) is 5.21. The molecule has 3 nitrogen and oxygen atoms in total. The number of carboxylic acids is 1. The summed E-state index contributed by atoms with van der Waals surface area (Å²) in [5, 5.41) is 8.86. The molecule has 0 unspecified atom stereocenters.